The van der Waals surface area contributed by atoms with Crippen molar-refractivity contribution >= 4 is 6.03 Å². The van der Waals surface area contributed by atoms with Crippen molar-refractivity contribution in [3.05, 3.63) is 54.1 Å². The molecule has 0 saturated heterocycles. The molecular formula is C17H22F2N4O. The van der Waals surface area contributed by atoms with Crippen LogP contribution in [-0.2, 0) is 6.42 Å². The molecule has 1 aromatic carbocycles. The number of urea groups is 1. The quantitative estimate of drug-likeness (QED) is 0.876. The van der Waals surface area contributed by atoms with E-state index in [2.05, 4.69) is 10.3 Å². The minimum atomic E-state index is -2.66. The van der Waals surface area contributed by atoms with E-state index in [0.717, 1.165) is 10.1 Å². The van der Waals surface area contributed by atoms with Gasteiger partial charge in [-0.05, 0) is 19.4 Å². The van der Waals surface area contributed by atoms with E-state index in [9.17, 15) is 13.6 Å². The van der Waals surface area contributed by atoms with E-state index in [4.69, 9.17) is 0 Å². The first-order valence-corrected chi connectivity index (χ1v) is 7.78. The van der Waals surface area contributed by atoms with E-state index >= 15 is 0 Å². The molecule has 7 heteroatoms. The van der Waals surface area contributed by atoms with Crippen molar-refractivity contribution in [1.29, 1.82) is 0 Å². The Morgan fingerprint density at radius 1 is 1.29 bits per heavy atom. The number of halogens is 2. The molecule has 0 aliphatic heterocycles. The number of imidazole rings is 1. The Balaban J connectivity index is 2.24. The maximum Gasteiger partial charge on any atom is 0.319 e. The average Bonchev–Trinajstić information content (AvgIpc) is 3.02. The Kier molecular flexibility index (Phi) is 5.89. The predicted molar refractivity (Wildman–Crippen MR) is 87.8 cm³/mol. The van der Waals surface area contributed by atoms with Gasteiger partial charge in [-0.15, -0.1) is 0 Å². The molecule has 130 valence electrons. The highest BCUT2D eigenvalue weighted by Gasteiger charge is 2.22. The Labute approximate surface area is 140 Å². The second kappa shape index (κ2) is 7.90. The number of hydrogen-bond donors (Lipinski definition) is 1. The number of alkyl halides is 2. The predicted octanol–water partition coefficient (Wildman–Crippen LogP) is 3.61. The molecule has 1 heterocycles. The summed E-state index contributed by atoms with van der Waals surface area (Å²) in [5, 5.41) is 2.91. The first-order chi connectivity index (χ1) is 11.4. The maximum absolute atomic E-state index is 13.0. The number of benzene rings is 1. The van der Waals surface area contributed by atoms with Crippen molar-refractivity contribution in [3.8, 4) is 0 Å². The van der Waals surface area contributed by atoms with Crippen molar-refractivity contribution in [2.24, 2.45) is 0 Å². The standard InChI is InChI=1S/C17H22F2N4O/c1-12(2)22(3)17(24)21-14(13-7-5-4-6-8-13)11-15-20-9-10-23(15)16(18)19/h4-10,12,14,16H,11H2,1-3H3,(H,21,24)/t14-/m1/s1. The number of amides is 2. The van der Waals surface area contributed by atoms with Gasteiger partial charge in [0.25, 0.3) is 0 Å². The molecule has 2 amide bonds. The van der Waals surface area contributed by atoms with Gasteiger partial charge in [-0.25, -0.2) is 9.78 Å². The van der Waals surface area contributed by atoms with E-state index in [1.54, 1.807) is 11.9 Å². The molecule has 1 atom stereocenters. The van der Waals surface area contributed by atoms with Gasteiger partial charge in [0.1, 0.15) is 5.82 Å². The van der Waals surface area contributed by atoms with Gasteiger partial charge in [0, 0.05) is 31.9 Å². The van der Waals surface area contributed by atoms with Crippen LogP contribution in [0, 0.1) is 0 Å². The highest BCUT2D eigenvalue weighted by Crippen LogP contribution is 2.21. The monoisotopic (exact) mass is 336 g/mol. The summed E-state index contributed by atoms with van der Waals surface area (Å²) in [6.07, 6.45) is 2.76. The van der Waals surface area contributed by atoms with Crippen molar-refractivity contribution in [2.45, 2.75) is 38.9 Å². The summed E-state index contributed by atoms with van der Waals surface area (Å²) in [5.74, 6) is 0.228. The van der Waals surface area contributed by atoms with Crippen LogP contribution in [-0.4, -0.2) is 33.6 Å². The largest absolute Gasteiger partial charge is 0.331 e. The van der Waals surface area contributed by atoms with Gasteiger partial charge in [0.05, 0.1) is 6.04 Å². The molecule has 2 aromatic rings. The smallest absolute Gasteiger partial charge is 0.319 e. The minimum Gasteiger partial charge on any atom is -0.331 e. The first-order valence-electron chi connectivity index (χ1n) is 7.78. The second-order valence-corrected chi connectivity index (χ2v) is 5.85. The van der Waals surface area contributed by atoms with E-state index < -0.39 is 12.6 Å². The molecule has 5 nitrogen and oxygen atoms in total. The van der Waals surface area contributed by atoms with E-state index in [0.29, 0.717) is 0 Å². The molecule has 0 radical (unpaired) electrons. The number of carbonyl (C=O) groups is 1. The van der Waals surface area contributed by atoms with E-state index in [1.807, 2.05) is 44.2 Å². The van der Waals surface area contributed by atoms with Gasteiger partial charge >= 0.3 is 12.6 Å². The summed E-state index contributed by atoms with van der Waals surface area (Å²) >= 11 is 0. The van der Waals surface area contributed by atoms with Crippen LogP contribution in [0.3, 0.4) is 0 Å². The minimum absolute atomic E-state index is 0.0319. The Bertz CT molecular complexity index is 658. The number of hydrogen-bond acceptors (Lipinski definition) is 2. The maximum atomic E-state index is 13.0. The third kappa shape index (κ3) is 4.31. The van der Waals surface area contributed by atoms with Crippen LogP contribution < -0.4 is 5.32 Å². The molecule has 0 aliphatic carbocycles. The molecule has 0 aliphatic rings. The van der Waals surface area contributed by atoms with Crippen LogP contribution in [0.5, 0.6) is 0 Å². The number of nitrogens with one attached hydrogen (secondary N) is 1. The summed E-state index contributed by atoms with van der Waals surface area (Å²) in [6.45, 7) is 1.15. The Morgan fingerprint density at radius 2 is 1.96 bits per heavy atom. The molecular weight excluding hydrogens is 314 g/mol. The van der Waals surface area contributed by atoms with Gasteiger partial charge in [-0.2, -0.15) is 8.78 Å². The van der Waals surface area contributed by atoms with Crippen molar-refractivity contribution in [1.82, 2.24) is 19.8 Å². The fourth-order valence-electron chi connectivity index (χ4n) is 2.29. The molecule has 0 saturated carbocycles. The lowest BCUT2D eigenvalue weighted by Gasteiger charge is -2.26. The van der Waals surface area contributed by atoms with Crippen molar-refractivity contribution in [2.75, 3.05) is 7.05 Å². The number of nitrogens with zero attached hydrogens (tertiary/aromatic N) is 3. The summed E-state index contributed by atoms with van der Waals surface area (Å²) in [6, 6.07) is 8.60. The lowest BCUT2D eigenvalue weighted by atomic mass is 10.0. The normalized spacial score (nSPS) is 12.5. The van der Waals surface area contributed by atoms with Crippen LogP contribution >= 0.6 is 0 Å². The highest BCUT2D eigenvalue weighted by molar-refractivity contribution is 5.74. The number of aromatic nitrogens is 2. The van der Waals surface area contributed by atoms with Crippen molar-refractivity contribution < 1.29 is 13.6 Å². The molecule has 0 unspecified atom stereocenters. The summed E-state index contributed by atoms with van der Waals surface area (Å²) in [4.78, 5) is 17.9. The van der Waals surface area contributed by atoms with Crippen LogP contribution in [0.4, 0.5) is 13.6 Å². The topological polar surface area (TPSA) is 50.2 Å². The van der Waals surface area contributed by atoms with E-state index in [-0.39, 0.29) is 24.3 Å². The van der Waals surface area contributed by atoms with Gasteiger partial charge in [-0.3, -0.25) is 4.57 Å². The number of carbonyl (C=O) groups excluding carboxylic acids is 1. The van der Waals surface area contributed by atoms with Crippen LogP contribution in [0.1, 0.15) is 37.8 Å². The van der Waals surface area contributed by atoms with Gasteiger partial charge < -0.3 is 10.2 Å². The Hall–Kier alpha value is -2.44. The summed E-state index contributed by atoms with van der Waals surface area (Å²) in [7, 11) is 1.70. The SMILES string of the molecule is CC(C)N(C)C(=O)N[C@H](Cc1nccn1C(F)F)c1ccccc1. The zero-order valence-electron chi connectivity index (χ0n) is 14.0. The fourth-order valence-corrected chi connectivity index (χ4v) is 2.29. The molecule has 2 rings (SSSR count). The third-order valence-corrected chi connectivity index (χ3v) is 3.94. The van der Waals surface area contributed by atoms with Gasteiger partial charge in [0.15, 0.2) is 0 Å². The molecule has 0 bridgehead atoms. The Morgan fingerprint density at radius 3 is 2.54 bits per heavy atom. The fraction of sp³-hybridized carbons (Fsp3) is 0.412. The summed E-state index contributed by atoms with van der Waals surface area (Å²) < 4.78 is 26.9. The van der Waals surface area contributed by atoms with Crippen LogP contribution in [0.2, 0.25) is 0 Å². The van der Waals surface area contributed by atoms with Crippen LogP contribution in [0.25, 0.3) is 0 Å². The lowest BCUT2D eigenvalue weighted by molar-refractivity contribution is 0.0666. The first kappa shape index (κ1) is 17.9. The second-order valence-electron chi connectivity index (χ2n) is 5.85. The zero-order valence-corrected chi connectivity index (χ0v) is 14.0. The van der Waals surface area contributed by atoms with Crippen LogP contribution in [0.15, 0.2) is 42.7 Å². The molecule has 24 heavy (non-hydrogen) atoms. The summed E-state index contributed by atoms with van der Waals surface area (Å²) in [5.41, 5.74) is 0.840. The van der Waals surface area contributed by atoms with Crippen molar-refractivity contribution in [3.63, 3.8) is 0 Å². The zero-order chi connectivity index (χ0) is 17.7. The molecule has 0 fully saturated rings. The van der Waals surface area contributed by atoms with E-state index in [1.165, 1.54) is 12.4 Å². The molecule has 1 aromatic heterocycles. The molecule has 0 spiro atoms. The lowest BCUT2D eigenvalue weighted by Crippen LogP contribution is -2.43. The molecule has 1 N–H and O–H groups in total. The average molecular weight is 336 g/mol. The van der Waals surface area contributed by atoms with Gasteiger partial charge in [-0.1, -0.05) is 30.3 Å². The number of rotatable bonds is 6. The van der Waals surface area contributed by atoms with Gasteiger partial charge in [0.2, 0.25) is 0 Å². The third-order valence-electron chi connectivity index (χ3n) is 3.94. The highest BCUT2D eigenvalue weighted by atomic mass is 19.3.